The molecule has 4 nitrogen and oxygen atoms in total. The zero-order valence-electron chi connectivity index (χ0n) is 14.1. The van der Waals surface area contributed by atoms with Crippen LogP contribution in [0.3, 0.4) is 0 Å². The van der Waals surface area contributed by atoms with Gasteiger partial charge in [0.2, 0.25) is 6.10 Å². The molecule has 4 heteroatoms. The predicted molar refractivity (Wildman–Crippen MR) is 93.1 cm³/mol. The smallest absolute Gasteiger partial charge is 0.265 e. The average molecular weight is 325 g/mol. The lowest BCUT2D eigenvalue weighted by molar-refractivity contribution is -0.131. The van der Waals surface area contributed by atoms with Gasteiger partial charge in [0.15, 0.2) is 11.5 Å². The van der Waals surface area contributed by atoms with Gasteiger partial charge in [0, 0.05) is 0 Å². The Kier molecular flexibility index (Phi) is 5.04. The predicted octanol–water partition coefficient (Wildman–Crippen LogP) is 3.73. The fraction of sp³-hybridized carbons (Fsp3) is 0.350. The van der Waals surface area contributed by atoms with Crippen molar-refractivity contribution in [2.45, 2.75) is 32.4 Å². The molecule has 0 bridgehead atoms. The van der Waals surface area contributed by atoms with Crippen LogP contribution in [0.2, 0.25) is 0 Å². The van der Waals surface area contributed by atoms with Crippen molar-refractivity contribution < 1.29 is 14.3 Å². The van der Waals surface area contributed by atoms with Crippen molar-refractivity contribution in [3.8, 4) is 11.5 Å². The minimum atomic E-state index is -0.627. The Bertz CT molecular complexity index is 684. The molecule has 2 atom stereocenters. The molecule has 2 aromatic carbocycles. The first kappa shape index (κ1) is 16.4. The van der Waals surface area contributed by atoms with E-state index < -0.39 is 6.10 Å². The molecule has 1 heterocycles. The fourth-order valence-electron chi connectivity index (χ4n) is 2.85. The number of carbonyl (C=O) groups is 1. The summed E-state index contributed by atoms with van der Waals surface area (Å²) < 4.78 is 11.4. The van der Waals surface area contributed by atoms with E-state index in [9.17, 15) is 4.79 Å². The number of rotatable bonds is 5. The summed E-state index contributed by atoms with van der Waals surface area (Å²) in [6, 6.07) is 17.4. The average Bonchev–Trinajstić information content (AvgIpc) is 2.61. The van der Waals surface area contributed by atoms with E-state index in [2.05, 4.69) is 19.2 Å². The highest BCUT2D eigenvalue weighted by atomic mass is 16.6. The van der Waals surface area contributed by atoms with Gasteiger partial charge in [-0.15, -0.1) is 0 Å². The standard InChI is InChI=1S/C20H23NO3/c1-14(2)12-16(15-8-4-3-5-9-15)21-20(22)19-13-23-17-10-6-7-11-18(17)24-19/h3-11,14,16,19H,12-13H2,1-2H3,(H,21,22)/t16-,19+/m1/s1. The van der Waals surface area contributed by atoms with E-state index in [1.54, 1.807) is 0 Å². The quantitative estimate of drug-likeness (QED) is 0.911. The molecule has 0 saturated heterocycles. The van der Waals surface area contributed by atoms with E-state index in [1.165, 1.54) is 0 Å². The lowest BCUT2D eigenvalue weighted by Crippen LogP contribution is -2.45. The highest BCUT2D eigenvalue weighted by molar-refractivity contribution is 5.82. The maximum Gasteiger partial charge on any atom is 0.265 e. The van der Waals surface area contributed by atoms with Crippen LogP contribution in [-0.2, 0) is 4.79 Å². The lowest BCUT2D eigenvalue weighted by Gasteiger charge is -2.28. The molecule has 0 fully saturated rings. The van der Waals surface area contributed by atoms with E-state index in [0.29, 0.717) is 17.4 Å². The van der Waals surface area contributed by atoms with E-state index in [4.69, 9.17) is 9.47 Å². The number of fused-ring (bicyclic) bond motifs is 1. The summed E-state index contributed by atoms with van der Waals surface area (Å²) in [6.07, 6.45) is 0.248. The van der Waals surface area contributed by atoms with Crippen molar-refractivity contribution in [2.24, 2.45) is 5.92 Å². The van der Waals surface area contributed by atoms with Crippen LogP contribution in [0.25, 0.3) is 0 Å². The number of carbonyl (C=O) groups excluding carboxylic acids is 1. The van der Waals surface area contributed by atoms with Crippen molar-refractivity contribution in [1.29, 1.82) is 0 Å². The first-order valence-corrected chi connectivity index (χ1v) is 8.37. The Morgan fingerprint density at radius 2 is 1.75 bits per heavy atom. The number of hydrogen-bond donors (Lipinski definition) is 1. The molecule has 1 N–H and O–H groups in total. The molecule has 0 aliphatic carbocycles. The van der Waals surface area contributed by atoms with Crippen LogP contribution >= 0.6 is 0 Å². The summed E-state index contributed by atoms with van der Waals surface area (Å²) in [4.78, 5) is 12.7. The molecular weight excluding hydrogens is 302 g/mol. The van der Waals surface area contributed by atoms with Crippen LogP contribution < -0.4 is 14.8 Å². The Morgan fingerprint density at radius 3 is 2.46 bits per heavy atom. The second kappa shape index (κ2) is 7.39. The molecule has 0 aromatic heterocycles. The van der Waals surface area contributed by atoms with Gasteiger partial charge in [-0.1, -0.05) is 56.3 Å². The number of hydrogen-bond acceptors (Lipinski definition) is 3. The Hall–Kier alpha value is -2.49. The number of nitrogens with one attached hydrogen (secondary N) is 1. The van der Waals surface area contributed by atoms with Crippen LogP contribution in [0.5, 0.6) is 11.5 Å². The van der Waals surface area contributed by atoms with E-state index >= 15 is 0 Å². The van der Waals surface area contributed by atoms with E-state index in [0.717, 1.165) is 12.0 Å². The van der Waals surface area contributed by atoms with Gasteiger partial charge >= 0.3 is 0 Å². The van der Waals surface area contributed by atoms with Gasteiger partial charge in [-0.25, -0.2) is 0 Å². The van der Waals surface area contributed by atoms with Crippen LogP contribution in [0, 0.1) is 5.92 Å². The van der Waals surface area contributed by atoms with Gasteiger partial charge in [-0.05, 0) is 30.0 Å². The molecule has 0 unspecified atom stereocenters. The molecule has 1 aliphatic heterocycles. The number of amides is 1. The molecule has 0 saturated carbocycles. The molecule has 3 rings (SSSR count). The summed E-state index contributed by atoms with van der Waals surface area (Å²) in [5.41, 5.74) is 1.11. The van der Waals surface area contributed by atoms with Crippen LogP contribution in [0.1, 0.15) is 31.9 Å². The van der Waals surface area contributed by atoms with Crippen molar-refractivity contribution in [3.63, 3.8) is 0 Å². The Morgan fingerprint density at radius 1 is 1.08 bits per heavy atom. The fourth-order valence-corrected chi connectivity index (χ4v) is 2.85. The molecule has 1 amide bonds. The van der Waals surface area contributed by atoms with Crippen molar-refractivity contribution in [3.05, 3.63) is 60.2 Å². The minimum absolute atomic E-state index is 0.0283. The van der Waals surface area contributed by atoms with Gasteiger partial charge in [0.1, 0.15) is 6.61 Å². The third-order valence-electron chi connectivity index (χ3n) is 4.03. The molecule has 1 aliphatic rings. The number of para-hydroxylation sites is 2. The summed E-state index contributed by atoms with van der Waals surface area (Å²) in [5.74, 6) is 1.63. The van der Waals surface area contributed by atoms with Gasteiger partial charge in [-0.2, -0.15) is 0 Å². The third-order valence-corrected chi connectivity index (χ3v) is 4.03. The second-order valence-corrected chi connectivity index (χ2v) is 6.47. The first-order chi connectivity index (χ1) is 11.6. The minimum Gasteiger partial charge on any atom is -0.485 e. The summed E-state index contributed by atoms with van der Waals surface area (Å²) in [7, 11) is 0. The number of benzene rings is 2. The number of ether oxygens (including phenoxy) is 2. The molecule has 0 spiro atoms. The van der Waals surface area contributed by atoms with Crippen molar-refractivity contribution >= 4 is 5.91 Å². The van der Waals surface area contributed by atoms with Gasteiger partial charge in [0.25, 0.3) is 5.91 Å². The second-order valence-electron chi connectivity index (χ2n) is 6.47. The largest absolute Gasteiger partial charge is 0.485 e. The van der Waals surface area contributed by atoms with E-state index in [-0.39, 0.29) is 18.6 Å². The third kappa shape index (κ3) is 3.88. The topological polar surface area (TPSA) is 47.6 Å². The van der Waals surface area contributed by atoms with Gasteiger partial charge < -0.3 is 14.8 Å². The molecule has 24 heavy (non-hydrogen) atoms. The van der Waals surface area contributed by atoms with Crippen LogP contribution in [0.4, 0.5) is 0 Å². The molecule has 126 valence electrons. The Labute approximate surface area is 142 Å². The van der Waals surface area contributed by atoms with Gasteiger partial charge in [0.05, 0.1) is 6.04 Å². The van der Waals surface area contributed by atoms with Crippen molar-refractivity contribution in [1.82, 2.24) is 5.32 Å². The zero-order chi connectivity index (χ0) is 16.9. The monoisotopic (exact) mass is 325 g/mol. The van der Waals surface area contributed by atoms with Crippen LogP contribution in [-0.4, -0.2) is 18.6 Å². The first-order valence-electron chi connectivity index (χ1n) is 8.37. The summed E-state index contributed by atoms with van der Waals surface area (Å²) >= 11 is 0. The summed E-state index contributed by atoms with van der Waals surface area (Å²) in [6.45, 7) is 4.53. The molecule has 2 aromatic rings. The highest BCUT2D eigenvalue weighted by Crippen LogP contribution is 2.31. The lowest BCUT2D eigenvalue weighted by atomic mass is 9.97. The SMILES string of the molecule is CC(C)C[C@@H](NC(=O)[C@@H]1COc2ccccc2O1)c1ccccc1. The Balaban J connectivity index is 1.70. The molecular formula is C20H23NO3. The zero-order valence-corrected chi connectivity index (χ0v) is 14.1. The molecule has 0 radical (unpaired) electrons. The van der Waals surface area contributed by atoms with Gasteiger partial charge in [-0.3, -0.25) is 4.79 Å². The van der Waals surface area contributed by atoms with Crippen molar-refractivity contribution in [2.75, 3.05) is 6.61 Å². The normalized spacial score (nSPS) is 17.4. The van der Waals surface area contributed by atoms with E-state index in [1.807, 2.05) is 54.6 Å². The maximum absolute atomic E-state index is 12.7. The summed E-state index contributed by atoms with van der Waals surface area (Å²) in [5, 5.41) is 3.12. The highest BCUT2D eigenvalue weighted by Gasteiger charge is 2.29. The maximum atomic E-state index is 12.7. The van der Waals surface area contributed by atoms with Crippen LogP contribution in [0.15, 0.2) is 54.6 Å².